The minimum absolute atomic E-state index is 0.364. The number of aryl methyl sites for hydroxylation is 1. The van der Waals surface area contributed by atoms with Gasteiger partial charge in [0.25, 0.3) is 0 Å². The molecule has 4 heteroatoms. The van der Waals surface area contributed by atoms with Crippen LogP contribution in [0.2, 0.25) is 10.0 Å². The Morgan fingerprint density at radius 1 is 1.05 bits per heavy atom. The lowest BCUT2D eigenvalue weighted by Gasteiger charge is -2.11. The van der Waals surface area contributed by atoms with E-state index in [1.165, 1.54) is 0 Å². The fourth-order valence-electron chi connectivity index (χ4n) is 2.35. The van der Waals surface area contributed by atoms with Gasteiger partial charge < -0.3 is 10.2 Å². The average molecular weight is 306 g/mol. The zero-order chi connectivity index (χ0) is 14.3. The second kappa shape index (κ2) is 5.13. The first-order valence-electron chi connectivity index (χ1n) is 6.26. The quantitative estimate of drug-likeness (QED) is 0.715. The molecule has 2 nitrogen and oxygen atoms in total. The van der Waals surface area contributed by atoms with Crippen LogP contribution in [0.4, 0.5) is 0 Å². The lowest BCUT2D eigenvalue weighted by molar-refractivity contribution is 0.521. The number of halogens is 2. The number of rotatable bonds is 2. The normalized spacial score (nSPS) is 12.8. The third-order valence-corrected chi connectivity index (χ3v) is 4.20. The van der Waals surface area contributed by atoms with Gasteiger partial charge in [0, 0.05) is 10.9 Å². The SMILES string of the molecule is Cc1c(C(N)c2ccc(Cl)c(Cl)c2)oc2ccccc12. The molecule has 1 aromatic heterocycles. The molecular formula is C16H13Cl2NO. The van der Waals surface area contributed by atoms with Crippen LogP contribution >= 0.6 is 23.2 Å². The maximum absolute atomic E-state index is 6.30. The zero-order valence-corrected chi connectivity index (χ0v) is 12.4. The number of fused-ring (bicyclic) bond motifs is 1. The molecule has 0 aliphatic heterocycles. The highest BCUT2D eigenvalue weighted by atomic mass is 35.5. The molecule has 20 heavy (non-hydrogen) atoms. The van der Waals surface area contributed by atoms with E-state index in [0.29, 0.717) is 10.0 Å². The summed E-state index contributed by atoms with van der Waals surface area (Å²) in [6.45, 7) is 2.01. The largest absolute Gasteiger partial charge is 0.459 e. The number of furan rings is 1. The summed E-state index contributed by atoms with van der Waals surface area (Å²) in [7, 11) is 0. The van der Waals surface area contributed by atoms with Gasteiger partial charge in [-0.15, -0.1) is 0 Å². The van der Waals surface area contributed by atoms with Crippen molar-refractivity contribution in [2.24, 2.45) is 5.73 Å². The first kappa shape index (κ1) is 13.5. The van der Waals surface area contributed by atoms with Crippen molar-refractivity contribution >= 4 is 34.2 Å². The standard InChI is InChI=1S/C16H13Cl2NO/c1-9-11-4-2-3-5-14(11)20-16(9)15(19)10-6-7-12(17)13(18)8-10/h2-8,15H,19H2,1H3. The molecule has 0 bridgehead atoms. The third kappa shape index (κ3) is 2.20. The summed E-state index contributed by atoms with van der Waals surface area (Å²) in [6, 6.07) is 12.9. The summed E-state index contributed by atoms with van der Waals surface area (Å²) in [6.07, 6.45) is 0. The van der Waals surface area contributed by atoms with Crippen LogP contribution in [0.1, 0.15) is 22.9 Å². The Morgan fingerprint density at radius 3 is 2.50 bits per heavy atom. The van der Waals surface area contributed by atoms with E-state index in [2.05, 4.69) is 0 Å². The first-order chi connectivity index (χ1) is 9.58. The molecule has 1 heterocycles. The fourth-order valence-corrected chi connectivity index (χ4v) is 2.65. The van der Waals surface area contributed by atoms with Crippen LogP contribution in [0.5, 0.6) is 0 Å². The highest BCUT2D eigenvalue weighted by Crippen LogP contribution is 2.33. The van der Waals surface area contributed by atoms with Crippen molar-refractivity contribution in [3.8, 4) is 0 Å². The molecule has 0 amide bonds. The monoisotopic (exact) mass is 305 g/mol. The van der Waals surface area contributed by atoms with E-state index >= 15 is 0 Å². The molecule has 3 aromatic rings. The molecule has 2 aromatic carbocycles. The van der Waals surface area contributed by atoms with Crippen LogP contribution in [0.15, 0.2) is 46.9 Å². The number of nitrogens with two attached hydrogens (primary N) is 1. The Balaban J connectivity index is 2.09. The summed E-state index contributed by atoms with van der Waals surface area (Å²) < 4.78 is 5.88. The van der Waals surface area contributed by atoms with Crippen LogP contribution in [-0.4, -0.2) is 0 Å². The molecule has 0 saturated carbocycles. The van der Waals surface area contributed by atoms with Crippen molar-refractivity contribution in [3.05, 3.63) is 69.4 Å². The van der Waals surface area contributed by atoms with Gasteiger partial charge in [-0.05, 0) is 30.7 Å². The van der Waals surface area contributed by atoms with Gasteiger partial charge in [0.05, 0.1) is 16.1 Å². The van der Waals surface area contributed by atoms with E-state index in [1.54, 1.807) is 12.1 Å². The van der Waals surface area contributed by atoms with Gasteiger partial charge in [-0.3, -0.25) is 0 Å². The second-order valence-electron chi connectivity index (χ2n) is 4.74. The molecule has 0 aliphatic carbocycles. The van der Waals surface area contributed by atoms with Crippen molar-refractivity contribution in [1.82, 2.24) is 0 Å². The smallest absolute Gasteiger partial charge is 0.134 e. The van der Waals surface area contributed by atoms with E-state index in [9.17, 15) is 0 Å². The molecular weight excluding hydrogens is 293 g/mol. The zero-order valence-electron chi connectivity index (χ0n) is 10.9. The maximum atomic E-state index is 6.30. The van der Waals surface area contributed by atoms with Gasteiger partial charge in [0.2, 0.25) is 0 Å². The van der Waals surface area contributed by atoms with Crippen molar-refractivity contribution in [2.75, 3.05) is 0 Å². The molecule has 3 rings (SSSR count). The van der Waals surface area contributed by atoms with Crippen molar-refractivity contribution in [1.29, 1.82) is 0 Å². The molecule has 1 unspecified atom stereocenters. The van der Waals surface area contributed by atoms with Crippen LogP contribution in [0.25, 0.3) is 11.0 Å². The lowest BCUT2D eigenvalue weighted by atomic mass is 10.0. The molecule has 0 radical (unpaired) electrons. The molecule has 1 atom stereocenters. The van der Waals surface area contributed by atoms with Gasteiger partial charge in [-0.1, -0.05) is 47.5 Å². The molecule has 0 saturated heterocycles. The van der Waals surface area contributed by atoms with Crippen LogP contribution in [0, 0.1) is 6.92 Å². The Bertz CT molecular complexity index is 779. The second-order valence-corrected chi connectivity index (χ2v) is 5.55. The van der Waals surface area contributed by atoms with Crippen molar-refractivity contribution < 1.29 is 4.42 Å². The topological polar surface area (TPSA) is 39.2 Å². The fraction of sp³-hybridized carbons (Fsp3) is 0.125. The Labute approximate surface area is 127 Å². The third-order valence-electron chi connectivity index (χ3n) is 3.47. The summed E-state index contributed by atoms with van der Waals surface area (Å²) in [5.41, 5.74) is 9.08. The molecule has 0 fully saturated rings. The van der Waals surface area contributed by atoms with E-state index in [0.717, 1.165) is 27.9 Å². The Hall–Kier alpha value is -1.48. The van der Waals surface area contributed by atoms with Gasteiger partial charge in [-0.25, -0.2) is 0 Å². The summed E-state index contributed by atoms with van der Waals surface area (Å²) >= 11 is 12.0. The first-order valence-corrected chi connectivity index (χ1v) is 7.02. The van der Waals surface area contributed by atoms with Gasteiger partial charge >= 0.3 is 0 Å². The van der Waals surface area contributed by atoms with E-state index in [1.807, 2.05) is 37.3 Å². The average Bonchev–Trinajstić information content (AvgIpc) is 2.79. The van der Waals surface area contributed by atoms with Crippen LogP contribution in [-0.2, 0) is 0 Å². The highest BCUT2D eigenvalue weighted by molar-refractivity contribution is 6.42. The Kier molecular flexibility index (Phi) is 3.47. The van der Waals surface area contributed by atoms with Crippen LogP contribution in [0.3, 0.4) is 0 Å². The van der Waals surface area contributed by atoms with Gasteiger partial charge in [0.15, 0.2) is 0 Å². The van der Waals surface area contributed by atoms with Gasteiger partial charge in [0.1, 0.15) is 11.3 Å². The summed E-state index contributed by atoms with van der Waals surface area (Å²) in [4.78, 5) is 0. The number of para-hydroxylation sites is 1. The predicted molar refractivity (Wildman–Crippen MR) is 83.4 cm³/mol. The number of hydrogen-bond donors (Lipinski definition) is 1. The number of benzene rings is 2. The van der Waals surface area contributed by atoms with E-state index < -0.39 is 0 Å². The molecule has 102 valence electrons. The minimum Gasteiger partial charge on any atom is -0.459 e. The van der Waals surface area contributed by atoms with Crippen LogP contribution < -0.4 is 5.73 Å². The van der Waals surface area contributed by atoms with Crippen molar-refractivity contribution in [2.45, 2.75) is 13.0 Å². The van der Waals surface area contributed by atoms with E-state index in [4.69, 9.17) is 33.4 Å². The lowest BCUT2D eigenvalue weighted by Crippen LogP contribution is -2.12. The summed E-state index contributed by atoms with van der Waals surface area (Å²) in [5.74, 6) is 0.754. The van der Waals surface area contributed by atoms with Crippen molar-refractivity contribution in [3.63, 3.8) is 0 Å². The highest BCUT2D eigenvalue weighted by Gasteiger charge is 2.19. The predicted octanol–water partition coefficient (Wildman–Crippen LogP) is 5.10. The minimum atomic E-state index is -0.364. The maximum Gasteiger partial charge on any atom is 0.134 e. The molecule has 2 N–H and O–H groups in total. The number of hydrogen-bond acceptors (Lipinski definition) is 2. The molecule has 0 aliphatic rings. The Morgan fingerprint density at radius 2 is 1.80 bits per heavy atom. The van der Waals surface area contributed by atoms with Gasteiger partial charge in [-0.2, -0.15) is 0 Å². The van der Waals surface area contributed by atoms with E-state index in [-0.39, 0.29) is 6.04 Å². The molecule has 0 spiro atoms. The summed E-state index contributed by atoms with van der Waals surface area (Å²) in [5, 5.41) is 2.09.